The molecule has 0 spiro atoms. The first-order chi connectivity index (χ1) is 5.23. The highest BCUT2D eigenvalue weighted by molar-refractivity contribution is 5.04. The number of hydrogen-bond donors (Lipinski definition) is 1. The predicted molar refractivity (Wildman–Crippen MR) is 38.9 cm³/mol. The van der Waals surface area contributed by atoms with Gasteiger partial charge in [-0.25, -0.2) is 0 Å². The van der Waals surface area contributed by atoms with Gasteiger partial charge in [-0.15, -0.1) is 6.42 Å². The van der Waals surface area contributed by atoms with Crippen LogP contribution in [0.25, 0.3) is 0 Å². The molecule has 0 aliphatic rings. The van der Waals surface area contributed by atoms with Gasteiger partial charge >= 0.3 is 0 Å². The largest absolute Gasteiger partial charge is 0.378 e. The topological polar surface area (TPSA) is 20.2 Å². The maximum Gasteiger partial charge on any atom is 0.122 e. The molecule has 0 amide bonds. The Kier molecular flexibility index (Phi) is 1.40. The minimum atomic E-state index is -2.49. The van der Waals surface area contributed by atoms with E-state index in [4.69, 9.17) is 10.5 Å². The lowest BCUT2D eigenvalue weighted by atomic mass is 9.95. The first kappa shape index (κ1) is 4.35. The van der Waals surface area contributed by atoms with Crippen LogP contribution >= 0.6 is 0 Å². The molecule has 1 N–H and O–H groups in total. The van der Waals surface area contributed by atoms with E-state index in [2.05, 4.69) is 0 Å². The Morgan fingerprint density at radius 1 is 1.89 bits per heavy atom. The zero-order valence-electron chi connectivity index (χ0n) is 8.81. The van der Waals surface area contributed by atoms with Crippen LogP contribution in [0.5, 0.6) is 0 Å². The Morgan fingerprint density at radius 3 is 2.56 bits per heavy atom. The molecule has 1 heteroatoms. The summed E-state index contributed by atoms with van der Waals surface area (Å²) in [6.07, 6.45) is 5.08. The third kappa shape index (κ3) is 4.05. The summed E-state index contributed by atoms with van der Waals surface area (Å²) < 4.78 is 21.1. The summed E-state index contributed by atoms with van der Waals surface area (Å²) in [4.78, 5) is 0. The van der Waals surface area contributed by atoms with Crippen molar-refractivity contribution in [2.45, 2.75) is 32.7 Å². The monoisotopic (exact) mass is 129 g/mol. The molecule has 0 aliphatic carbocycles. The molecular weight excluding hydrogens is 112 g/mol. The van der Waals surface area contributed by atoms with E-state index in [0.717, 1.165) is 0 Å². The van der Waals surface area contributed by atoms with Crippen molar-refractivity contribution in [3.8, 4) is 12.3 Å². The van der Waals surface area contributed by atoms with Crippen molar-refractivity contribution in [2.24, 2.45) is 5.92 Å². The molecule has 9 heavy (non-hydrogen) atoms. The van der Waals surface area contributed by atoms with Crippen LogP contribution in [-0.4, -0.2) is 10.7 Å². The maximum absolute atomic E-state index is 9.53. The second-order valence-electron chi connectivity index (χ2n) is 2.60. The highest BCUT2D eigenvalue weighted by Gasteiger charge is 2.17. The summed E-state index contributed by atoms with van der Waals surface area (Å²) >= 11 is 0. The van der Waals surface area contributed by atoms with Gasteiger partial charge in [-0.1, -0.05) is 19.8 Å². The van der Waals surface area contributed by atoms with Gasteiger partial charge < -0.3 is 5.11 Å². The van der Waals surface area contributed by atoms with E-state index < -0.39 is 12.5 Å². The maximum atomic E-state index is 9.53. The van der Waals surface area contributed by atoms with Crippen LogP contribution in [0.1, 0.15) is 31.2 Å². The highest BCUT2D eigenvalue weighted by Crippen LogP contribution is 2.13. The fraction of sp³-hybridized carbons (Fsp3) is 0.750. The Morgan fingerprint density at radius 2 is 2.44 bits per heavy atom. The zero-order valence-corrected chi connectivity index (χ0v) is 5.81. The highest BCUT2D eigenvalue weighted by atomic mass is 16.3. The van der Waals surface area contributed by atoms with Gasteiger partial charge in [0.25, 0.3) is 0 Å². The summed E-state index contributed by atoms with van der Waals surface area (Å²) in [7, 11) is 0. The van der Waals surface area contributed by atoms with Gasteiger partial charge in [-0.2, -0.15) is 0 Å². The first-order valence-corrected chi connectivity index (χ1v) is 2.93. The summed E-state index contributed by atoms with van der Waals surface area (Å²) in [5, 5.41) is 9.53. The smallest absolute Gasteiger partial charge is 0.122 e. The van der Waals surface area contributed by atoms with E-state index in [1.165, 1.54) is 0 Å². The van der Waals surface area contributed by atoms with E-state index >= 15 is 0 Å². The molecule has 0 aliphatic heterocycles. The summed E-state index contributed by atoms with van der Waals surface area (Å²) in [6.45, 7) is 1.13. The zero-order chi connectivity index (χ0) is 9.99. The third-order valence-electron chi connectivity index (χ3n) is 0.942. The van der Waals surface area contributed by atoms with Gasteiger partial charge in [0.15, 0.2) is 0 Å². The summed E-state index contributed by atoms with van der Waals surface area (Å²) in [5.41, 5.74) is -1.97. The van der Waals surface area contributed by atoms with Gasteiger partial charge in [0.2, 0.25) is 0 Å². The summed E-state index contributed by atoms with van der Waals surface area (Å²) in [6, 6.07) is 0. The molecule has 0 saturated carbocycles. The van der Waals surface area contributed by atoms with Crippen LogP contribution in [0.4, 0.5) is 0 Å². The van der Waals surface area contributed by atoms with Crippen LogP contribution in [0.2, 0.25) is 0 Å². The van der Waals surface area contributed by atoms with Crippen LogP contribution in [0.15, 0.2) is 0 Å². The Hall–Kier alpha value is -0.480. The standard InChI is InChI=1S/C8H14O/c1-5-8(4,9)6-7(2)3/h1,7,9H,6H2,2-4H3/i4D3. The summed E-state index contributed by atoms with van der Waals surface area (Å²) in [5.74, 6) is 2.00. The van der Waals surface area contributed by atoms with Crippen LogP contribution < -0.4 is 0 Å². The fourth-order valence-corrected chi connectivity index (χ4v) is 0.650. The molecule has 1 nitrogen and oxygen atoms in total. The van der Waals surface area contributed by atoms with Crippen molar-refractivity contribution in [2.75, 3.05) is 0 Å². The lowest BCUT2D eigenvalue weighted by molar-refractivity contribution is 0.0978. The average Bonchev–Trinajstić information content (AvgIpc) is 1.83. The molecule has 1 unspecified atom stereocenters. The quantitative estimate of drug-likeness (QED) is 0.559. The van der Waals surface area contributed by atoms with Crippen LogP contribution in [0, 0.1) is 18.3 Å². The predicted octanol–water partition coefficient (Wildman–Crippen LogP) is 1.42. The normalized spacial score (nSPS) is 23.2. The molecule has 52 valence electrons. The first-order valence-electron chi connectivity index (χ1n) is 4.43. The van der Waals surface area contributed by atoms with E-state index in [0.29, 0.717) is 0 Å². The van der Waals surface area contributed by atoms with Crippen molar-refractivity contribution in [3.63, 3.8) is 0 Å². The molecular formula is C8H14O. The van der Waals surface area contributed by atoms with E-state index in [9.17, 15) is 5.11 Å². The molecule has 0 fully saturated rings. The molecule has 0 radical (unpaired) electrons. The minimum absolute atomic E-state index is 0.0616. The van der Waals surface area contributed by atoms with E-state index in [1.54, 1.807) is 0 Å². The Balaban J connectivity index is 4.61. The number of rotatable bonds is 2. The van der Waals surface area contributed by atoms with Crippen molar-refractivity contribution in [1.82, 2.24) is 0 Å². The van der Waals surface area contributed by atoms with Crippen molar-refractivity contribution >= 4 is 0 Å². The molecule has 0 aromatic heterocycles. The molecule has 0 aromatic carbocycles. The van der Waals surface area contributed by atoms with Gasteiger partial charge in [-0.3, -0.25) is 0 Å². The van der Waals surface area contributed by atoms with Gasteiger partial charge in [0.1, 0.15) is 5.60 Å². The molecule has 0 bridgehead atoms. The Labute approximate surface area is 61.3 Å². The van der Waals surface area contributed by atoms with Crippen LogP contribution in [-0.2, 0) is 0 Å². The second kappa shape index (κ2) is 2.89. The molecule has 0 aromatic rings. The minimum Gasteiger partial charge on any atom is -0.378 e. The molecule has 0 heterocycles. The van der Waals surface area contributed by atoms with Gasteiger partial charge in [-0.05, 0) is 19.2 Å². The second-order valence-corrected chi connectivity index (χ2v) is 2.60. The number of hydrogen-bond acceptors (Lipinski definition) is 1. The lowest BCUT2D eigenvalue weighted by Gasteiger charge is -2.17. The van der Waals surface area contributed by atoms with Crippen molar-refractivity contribution < 1.29 is 9.22 Å². The van der Waals surface area contributed by atoms with Crippen molar-refractivity contribution in [1.29, 1.82) is 0 Å². The Bertz CT molecular complexity index is 189. The molecule has 0 saturated heterocycles. The average molecular weight is 129 g/mol. The third-order valence-corrected chi connectivity index (χ3v) is 0.942. The lowest BCUT2D eigenvalue weighted by Crippen LogP contribution is -2.23. The van der Waals surface area contributed by atoms with Gasteiger partial charge in [0.05, 0.1) is 0 Å². The SMILES string of the molecule is [2H]C([2H])([2H])C(O)(C#C)CC(C)C. The fourth-order valence-electron chi connectivity index (χ4n) is 0.650. The van der Waals surface area contributed by atoms with Gasteiger partial charge in [0, 0.05) is 4.11 Å². The van der Waals surface area contributed by atoms with E-state index in [1.807, 2.05) is 19.8 Å². The van der Waals surface area contributed by atoms with Crippen molar-refractivity contribution in [3.05, 3.63) is 0 Å². The van der Waals surface area contributed by atoms with Crippen LogP contribution in [0.3, 0.4) is 0 Å². The number of terminal acetylenes is 1. The van der Waals surface area contributed by atoms with E-state index in [-0.39, 0.29) is 12.3 Å². The molecule has 0 rings (SSSR count). The number of aliphatic hydroxyl groups is 1. The molecule has 1 atom stereocenters.